The lowest BCUT2D eigenvalue weighted by Crippen LogP contribution is -2.35. The Hall–Kier alpha value is -0.890. The Labute approximate surface area is 121 Å². The molecule has 0 heterocycles. The average molecular weight is 282 g/mol. The van der Waals surface area contributed by atoms with Crippen LogP contribution in [-0.4, -0.2) is 13.2 Å². The van der Waals surface area contributed by atoms with E-state index < -0.39 is 0 Å². The molecule has 1 aliphatic carbocycles. The first-order chi connectivity index (χ1) is 8.89. The second-order valence-electron chi connectivity index (χ2n) is 6.60. The van der Waals surface area contributed by atoms with Crippen LogP contribution in [0.4, 0.5) is 5.69 Å². The first-order valence-electron chi connectivity index (χ1n) is 7.00. The van der Waals surface area contributed by atoms with Crippen LogP contribution < -0.4 is 10.1 Å². The minimum atomic E-state index is 0.403. The van der Waals surface area contributed by atoms with E-state index in [4.69, 9.17) is 16.3 Å². The van der Waals surface area contributed by atoms with E-state index in [2.05, 4.69) is 26.1 Å². The molecule has 2 unspecified atom stereocenters. The van der Waals surface area contributed by atoms with E-state index in [1.807, 2.05) is 18.2 Å². The minimum absolute atomic E-state index is 0.403. The highest BCUT2D eigenvalue weighted by Crippen LogP contribution is 2.40. The summed E-state index contributed by atoms with van der Waals surface area (Å²) in [7, 11) is 1.68. The molecule has 1 fully saturated rings. The SMILES string of the molecule is COc1ccc(Cl)c(NC2CC(C)CC(C)(C)C2)c1. The molecular weight excluding hydrogens is 258 g/mol. The molecule has 2 nitrogen and oxygen atoms in total. The Bertz CT molecular complexity index is 444. The highest BCUT2D eigenvalue weighted by molar-refractivity contribution is 6.33. The van der Waals surface area contributed by atoms with Gasteiger partial charge in [-0.3, -0.25) is 0 Å². The van der Waals surface area contributed by atoms with E-state index in [1.54, 1.807) is 7.11 Å². The largest absolute Gasteiger partial charge is 0.497 e. The number of benzene rings is 1. The van der Waals surface area contributed by atoms with Gasteiger partial charge in [-0.25, -0.2) is 0 Å². The molecule has 19 heavy (non-hydrogen) atoms. The van der Waals surface area contributed by atoms with Crippen molar-refractivity contribution in [3.63, 3.8) is 0 Å². The summed E-state index contributed by atoms with van der Waals surface area (Å²) in [5.74, 6) is 1.60. The quantitative estimate of drug-likeness (QED) is 0.844. The van der Waals surface area contributed by atoms with E-state index >= 15 is 0 Å². The topological polar surface area (TPSA) is 21.3 Å². The molecule has 3 heteroatoms. The van der Waals surface area contributed by atoms with Gasteiger partial charge in [0.2, 0.25) is 0 Å². The summed E-state index contributed by atoms with van der Waals surface area (Å²) in [6.45, 7) is 7.04. The van der Waals surface area contributed by atoms with Gasteiger partial charge in [0.25, 0.3) is 0 Å². The van der Waals surface area contributed by atoms with Crippen LogP contribution in [0.3, 0.4) is 0 Å². The lowest BCUT2D eigenvalue weighted by Gasteiger charge is -2.39. The fourth-order valence-corrected chi connectivity index (χ4v) is 3.59. The molecule has 0 aromatic heterocycles. The van der Waals surface area contributed by atoms with E-state index in [0.29, 0.717) is 11.5 Å². The molecule has 0 radical (unpaired) electrons. The van der Waals surface area contributed by atoms with Gasteiger partial charge in [0.15, 0.2) is 0 Å². The van der Waals surface area contributed by atoms with Gasteiger partial charge in [0.05, 0.1) is 17.8 Å². The predicted molar refractivity (Wildman–Crippen MR) is 82.2 cm³/mol. The molecule has 0 amide bonds. The molecular formula is C16H24ClNO. The van der Waals surface area contributed by atoms with E-state index in [-0.39, 0.29) is 0 Å². The summed E-state index contributed by atoms with van der Waals surface area (Å²) in [5.41, 5.74) is 1.39. The van der Waals surface area contributed by atoms with Gasteiger partial charge in [0.1, 0.15) is 5.75 Å². The van der Waals surface area contributed by atoms with Gasteiger partial charge < -0.3 is 10.1 Å². The van der Waals surface area contributed by atoms with Crippen LogP contribution in [0.25, 0.3) is 0 Å². The lowest BCUT2D eigenvalue weighted by molar-refractivity contribution is 0.178. The number of hydrogen-bond donors (Lipinski definition) is 1. The van der Waals surface area contributed by atoms with Crippen LogP contribution in [0.1, 0.15) is 40.0 Å². The van der Waals surface area contributed by atoms with Crippen molar-refractivity contribution < 1.29 is 4.74 Å². The summed E-state index contributed by atoms with van der Waals surface area (Å²) >= 11 is 6.26. The maximum absolute atomic E-state index is 6.26. The summed E-state index contributed by atoms with van der Waals surface area (Å²) in [6, 6.07) is 6.25. The van der Waals surface area contributed by atoms with Gasteiger partial charge in [-0.15, -0.1) is 0 Å². The van der Waals surface area contributed by atoms with Crippen molar-refractivity contribution in [3.8, 4) is 5.75 Å². The van der Waals surface area contributed by atoms with Crippen molar-refractivity contribution in [1.29, 1.82) is 0 Å². The second-order valence-corrected chi connectivity index (χ2v) is 7.01. The molecule has 1 aliphatic rings. The van der Waals surface area contributed by atoms with E-state index in [0.717, 1.165) is 22.4 Å². The van der Waals surface area contributed by atoms with E-state index in [9.17, 15) is 0 Å². The summed E-state index contributed by atoms with van der Waals surface area (Å²) in [5, 5.41) is 4.36. The number of rotatable bonds is 3. The van der Waals surface area contributed by atoms with Crippen LogP contribution in [0.2, 0.25) is 5.02 Å². The smallest absolute Gasteiger partial charge is 0.121 e. The van der Waals surface area contributed by atoms with Crippen LogP contribution in [0, 0.1) is 11.3 Å². The Morgan fingerprint density at radius 3 is 2.68 bits per heavy atom. The Morgan fingerprint density at radius 1 is 1.32 bits per heavy atom. The van der Waals surface area contributed by atoms with Gasteiger partial charge >= 0.3 is 0 Å². The van der Waals surface area contributed by atoms with E-state index in [1.165, 1.54) is 19.3 Å². The predicted octanol–water partition coefficient (Wildman–Crippen LogP) is 4.98. The number of nitrogens with one attached hydrogen (secondary N) is 1. The third-order valence-corrected chi connectivity index (χ3v) is 4.25. The zero-order valence-electron chi connectivity index (χ0n) is 12.3. The highest BCUT2D eigenvalue weighted by atomic mass is 35.5. The third kappa shape index (κ3) is 3.79. The monoisotopic (exact) mass is 281 g/mol. The fraction of sp³-hybridized carbons (Fsp3) is 0.625. The van der Waals surface area contributed by atoms with Gasteiger partial charge in [-0.1, -0.05) is 32.4 Å². The first kappa shape index (κ1) is 14.5. The maximum Gasteiger partial charge on any atom is 0.121 e. The second kappa shape index (κ2) is 5.62. The summed E-state index contributed by atoms with van der Waals surface area (Å²) in [4.78, 5) is 0. The van der Waals surface area contributed by atoms with Gasteiger partial charge in [-0.05, 0) is 42.7 Å². The zero-order chi connectivity index (χ0) is 14.0. The molecule has 1 saturated carbocycles. The molecule has 106 valence electrons. The Balaban J connectivity index is 2.12. The van der Waals surface area contributed by atoms with Crippen LogP contribution in [0.15, 0.2) is 18.2 Å². The van der Waals surface area contributed by atoms with Gasteiger partial charge in [-0.2, -0.15) is 0 Å². The average Bonchev–Trinajstić information content (AvgIpc) is 2.29. The van der Waals surface area contributed by atoms with Crippen molar-refractivity contribution in [2.75, 3.05) is 12.4 Å². The molecule has 0 spiro atoms. The van der Waals surface area contributed by atoms with Crippen LogP contribution in [0.5, 0.6) is 5.75 Å². The third-order valence-electron chi connectivity index (χ3n) is 3.92. The van der Waals surface area contributed by atoms with Crippen molar-refractivity contribution in [2.24, 2.45) is 11.3 Å². The summed E-state index contributed by atoms with van der Waals surface area (Å²) < 4.78 is 5.26. The number of methoxy groups -OCH3 is 1. The molecule has 2 rings (SSSR count). The molecule has 0 aliphatic heterocycles. The number of ether oxygens (including phenoxy) is 1. The maximum atomic E-state index is 6.26. The highest BCUT2D eigenvalue weighted by Gasteiger charge is 2.32. The van der Waals surface area contributed by atoms with Crippen molar-refractivity contribution in [3.05, 3.63) is 23.2 Å². The molecule has 1 N–H and O–H groups in total. The Morgan fingerprint density at radius 2 is 2.05 bits per heavy atom. The fourth-order valence-electron chi connectivity index (χ4n) is 3.42. The van der Waals surface area contributed by atoms with Crippen molar-refractivity contribution >= 4 is 17.3 Å². The summed E-state index contributed by atoms with van der Waals surface area (Å²) in [6.07, 6.45) is 3.69. The number of halogens is 1. The molecule has 1 aromatic carbocycles. The first-order valence-corrected chi connectivity index (χ1v) is 7.37. The molecule has 0 bridgehead atoms. The number of anilines is 1. The number of hydrogen-bond acceptors (Lipinski definition) is 2. The van der Waals surface area contributed by atoms with Crippen LogP contribution in [-0.2, 0) is 0 Å². The van der Waals surface area contributed by atoms with Gasteiger partial charge in [0, 0.05) is 12.1 Å². The Kier molecular flexibility index (Phi) is 4.29. The minimum Gasteiger partial charge on any atom is -0.497 e. The van der Waals surface area contributed by atoms with Crippen molar-refractivity contribution in [1.82, 2.24) is 0 Å². The standard InChI is InChI=1S/C16H24ClNO/c1-11-7-12(10-16(2,3)9-11)18-15-8-13(19-4)5-6-14(15)17/h5-6,8,11-12,18H,7,9-10H2,1-4H3. The zero-order valence-corrected chi connectivity index (χ0v) is 13.1. The lowest BCUT2D eigenvalue weighted by atomic mass is 9.70. The molecule has 1 aromatic rings. The van der Waals surface area contributed by atoms with Crippen molar-refractivity contribution in [2.45, 2.75) is 46.1 Å². The van der Waals surface area contributed by atoms with Crippen LogP contribution >= 0.6 is 11.6 Å². The normalized spacial score (nSPS) is 25.9. The molecule has 0 saturated heterocycles. The molecule has 2 atom stereocenters.